The summed E-state index contributed by atoms with van der Waals surface area (Å²) in [6.07, 6.45) is 2.38. The van der Waals surface area contributed by atoms with Crippen molar-refractivity contribution in [1.82, 2.24) is 0 Å². The molecule has 3 rings (SSSR count). The van der Waals surface area contributed by atoms with Crippen molar-refractivity contribution in [3.8, 4) is 11.1 Å². The van der Waals surface area contributed by atoms with E-state index in [0.29, 0.717) is 0 Å². The van der Waals surface area contributed by atoms with Gasteiger partial charge in [-0.15, -0.1) is 0 Å². The zero-order valence-electron chi connectivity index (χ0n) is 14.8. The maximum absolute atomic E-state index is 2.35. The fourth-order valence-corrected chi connectivity index (χ4v) is 3.08. The third kappa shape index (κ3) is 3.75. The first kappa shape index (κ1) is 17.5. The molecule has 0 radical (unpaired) electrons. The Kier molecular flexibility index (Phi) is 6.68. The SMILES string of the molecule is CC.CC.Cc1ccc2c(c1)CCc1cc(C)cc(C)c1-2. The highest BCUT2D eigenvalue weighted by Crippen LogP contribution is 2.36. The monoisotopic (exact) mass is 282 g/mol. The zero-order valence-corrected chi connectivity index (χ0v) is 14.8. The van der Waals surface area contributed by atoms with Crippen molar-refractivity contribution in [3.63, 3.8) is 0 Å². The molecular formula is C21H30. The summed E-state index contributed by atoms with van der Waals surface area (Å²) < 4.78 is 0. The number of fused-ring (bicyclic) bond motifs is 3. The second-order valence-corrected chi connectivity index (χ2v) is 5.28. The molecule has 0 bridgehead atoms. The molecule has 0 saturated heterocycles. The Bertz CT molecular complexity index is 591. The molecule has 0 heteroatoms. The molecule has 0 N–H and O–H groups in total. The number of rotatable bonds is 0. The van der Waals surface area contributed by atoms with Crippen molar-refractivity contribution in [1.29, 1.82) is 0 Å². The Labute approximate surface area is 131 Å². The molecule has 0 fully saturated rings. The summed E-state index contributed by atoms with van der Waals surface area (Å²) >= 11 is 0. The van der Waals surface area contributed by atoms with Gasteiger partial charge in [0.15, 0.2) is 0 Å². The lowest BCUT2D eigenvalue weighted by molar-refractivity contribution is 0.934. The maximum Gasteiger partial charge on any atom is -0.0120 e. The topological polar surface area (TPSA) is 0 Å². The first-order chi connectivity index (χ1) is 10.1. The fourth-order valence-electron chi connectivity index (χ4n) is 3.08. The number of hydrogen-bond acceptors (Lipinski definition) is 0. The lowest BCUT2D eigenvalue weighted by atomic mass is 9.82. The number of hydrogen-bond donors (Lipinski definition) is 0. The summed E-state index contributed by atoms with van der Waals surface area (Å²) in [5.41, 5.74) is 10.2. The molecule has 0 amide bonds. The van der Waals surface area contributed by atoms with E-state index >= 15 is 0 Å². The van der Waals surface area contributed by atoms with Gasteiger partial charge >= 0.3 is 0 Å². The summed E-state index contributed by atoms with van der Waals surface area (Å²) in [7, 11) is 0. The van der Waals surface area contributed by atoms with Crippen molar-refractivity contribution < 1.29 is 0 Å². The number of benzene rings is 2. The molecule has 114 valence electrons. The van der Waals surface area contributed by atoms with E-state index in [1.807, 2.05) is 27.7 Å². The van der Waals surface area contributed by atoms with Gasteiger partial charge < -0.3 is 0 Å². The van der Waals surface area contributed by atoms with Gasteiger partial charge in [-0.1, -0.05) is 69.2 Å². The van der Waals surface area contributed by atoms with Gasteiger partial charge in [-0.3, -0.25) is 0 Å². The quantitative estimate of drug-likeness (QED) is 0.522. The summed E-state index contributed by atoms with van der Waals surface area (Å²) in [4.78, 5) is 0. The normalized spacial score (nSPS) is 11.2. The summed E-state index contributed by atoms with van der Waals surface area (Å²) in [5, 5.41) is 0. The first-order valence-electron chi connectivity index (χ1n) is 8.35. The van der Waals surface area contributed by atoms with Crippen LogP contribution >= 0.6 is 0 Å². The molecule has 0 unspecified atom stereocenters. The summed E-state index contributed by atoms with van der Waals surface area (Å²) in [6, 6.07) is 11.5. The predicted octanol–water partition coefficient (Wildman–Crippen LogP) is 6.43. The molecule has 2 aromatic carbocycles. The van der Waals surface area contributed by atoms with Crippen LogP contribution < -0.4 is 0 Å². The molecule has 0 saturated carbocycles. The van der Waals surface area contributed by atoms with Crippen LogP contribution in [0.4, 0.5) is 0 Å². The third-order valence-electron chi connectivity index (χ3n) is 3.76. The van der Waals surface area contributed by atoms with E-state index in [1.165, 1.54) is 51.8 Å². The highest BCUT2D eigenvalue weighted by molar-refractivity contribution is 5.76. The van der Waals surface area contributed by atoms with E-state index in [9.17, 15) is 0 Å². The lowest BCUT2D eigenvalue weighted by Crippen LogP contribution is -2.06. The van der Waals surface area contributed by atoms with E-state index in [1.54, 1.807) is 0 Å². The van der Waals surface area contributed by atoms with E-state index < -0.39 is 0 Å². The molecule has 1 aliphatic rings. The second kappa shape index (κ2) is 8.02. The molecule has 0 aromatic heterocycles. The Morgan fingerprint density at radius 3 is 1.90 bits per heavy atom. The van der Waals surface area contributed by atoms with Crippen LogP contribution in [0.25, 0.3) is 11.1 Å². The van der Waals surface area contributed by atoms with Gasteiger partial charge in [0.25, 0.3) is 0 Å². The maximum atomic E-state index is 2.35. The van der Waals surface area contributed by atoms with Crippen LogP contribution in [0.1, 0.15) is 55.5 Å². The van der Waals surface area contributed by atoms with Crippen molar-refractivity contribution in [2.24, 2.45) is 0 Å². The van der Waals surface area contributed by atoms with Gasteiger partial charge in [-0.25, -0.2) is 0 Å². The molecule has 0 nitrogen and oxygen atoms in total. The van der Waals surface area contributed by atoms with Crippen molar-refractivity contribution in [2.45, 2.75) is 61.3 Å². The Hall–Kier alpha value is -1.56. The van der Waals surface area contributed by atoms with Gasteiger partial charge in [-0.05, 0) is 61.4 Å². The van der Waals surface area contributed by atoms with Gasteiger partial charge in [0.2, 0.25) is 0 Å². The Morgan fingerprint density at radius 1 is 0.667 bits per heavy atom. The van der Waals surface area contributed by atoms with Crippen LogP contribution in [0.2, 0.25) is 0 Å². The fraction of sp³-hybridized carbons (Fsp3) is 0.429. The van der Waals surface area contributed by atoms with Crippen LogP contribution in [0.15, 0.2) is 30.3 Å². The van der Waals surface area contributed by atoms with Crippen molar-refractivity contribution in [2.75, 3.05) is 0 Å². The van der Waals surface area contributed by atoms with E-state index in [2.05, 4.69) is 51.1 Å². The highest BCUT2D eigenvalue weighted by Gasteiger charge is 2.17. The summed E-state index contributed by atoms with van der Waals surface area (Å²) in [5.74, 6) is 0. The largest absolute Gasteiger partial charge is 0.0683 e. The molecule has 0 heterocycles. The Balaban J connectivity index is 0.000000510. The third-order valence-corrected chi connectivity index (χ3v) is 3.76. The molecule has 1 aliphatic carbocycles. The van der Waals surface area contributed by atoms with Gasteiger partial charge in [0, 0.05) is 0 Å². The molecule has 2 aromatic rings. The lowest BCUT2D eigenvalue weighted by Gasteiger charge is -2.23. The molecule has 0 aliphatic heterocycles. The average Bonchev–Trinajstić information content (AvgIpc) is 2.50. The van der Waals surface area contributed by atoms with Gasteiger partial charge in [0.05, 0.1) is 0 Å². The van der Waals surface area contributed by atoms with Crippen LogP contribution in [-0.2, 0) is 12.8 Å². The molecule has 21 heavy (non-hydrogen) atoms. The zero-order chi connectivity index (χ0) is 16.0. The van der Waals surface area contributed by atoms with Gasteiger partial charge in [0.1, 0.15) is 0 Å². The second-order valence-electron chi connectivity index (χ2n) is 5.28. The van der Waals surface area contributed by atoms with Crippen LogP contribution in [-0.4, -0.2) is 0 Å². The van der Waals surface area contributed by atoms with E-state index in [4.69, 9.17) is 0 Å². The number of aryl methyl sites for hydroxylation is 5. The smallest absolute Gasteiger partial charge is 0.0120 e. The predicted molar refractivity (Wildman–Crippen MR) is 96.2 cm³/mol. The molecular weight excluding hydrogens is 252 g/mol. The van der Waals surface area contributed by atoms with E-state index in [-0.39, 0.29) is 0 Å². The minimum Gasteiger partial charge on any atom is -0.0683 e. The molecule has 0 atom stereocenters. The standard InChI is InChI=1S/C17H18.2C2H6/c1-11-4-7-16-14(9-11)5-6-15-10-12(2)8-13(3)17(15)16;2*1-2/h4,7-10H,5-6H2,1-3H3;2*1-2H3. The highest BCUT2D eigenvalue weighted by atomic mass is 14.2. The Morgan fingerprint density at radius 2 is 1.24 bits per heavy atom. The van der Waals surface area contributed by atoms with Crippen molar-refractivity contribution in [3.05, 3.63) is 58.1 Å². The average molecular weight is 282 g/mol. The minimum atomic E-state index is 1.19. The van der Waals surface area contributed by atoms with Crippen LogP contribution in [0.3, 0.4) is 0 Å². The molecule has 0 spiro atoms. The first-order valence-corrected chi connectivity index (χ1v) is 8.35. The van der Waals surface area contributed by atoms with Crippen LogP contribution in [0, 0.1) is 20.8 Å². The minimum absolute atomic E-state index is 1.19. The van der Waals surface area contributed by atoms with Gasteiger partial charge in [-0.2, -0.15) is 0 Å². The summed E-state index contributed by atoms with van der Waals surface area (Å²) in [6.45, 7) is 14.6. The van der Waals surface area contributed by atoms with Crippen LogP contribution in [0.5, 0.6) is 0 Å². The van der Waals surface area contributed by atoms with E-state index in [0.717, 1.165) is 0 Å². The van der Waals surface area contributed by atoms with Crippen molar-refractivity contribution >= 4 is 0 Å².